The molecule has 2 aliphatic heterocycles. The number of ether oxygens (including phenoxy) is 1. The molecule has 3 aromatic rings. The number of nitrogens with one attached hydrogen (secondary N) is 1. The van der Waals surface area contributed by atoms with Crippen molar-refractivity contribution >= 4 is 44.4 Å². The second kappa shape index (κ2) is 12.5. The molecule has 3 heterocycles. The number of anilines is 1. The highest BCUT2D eigenvalue weighted by molar-refractivity contribution is 7.92. The quantitative estimate of drug-likeness (QED) is 0.310. The molecule has 0 bridgehead atoms. The SMILES string of the molecule is COc1c(C(N)=O)cc(C(C)(C)C)c(-c2c(C(=O)O)n(C)c3c(CN4CCN(C(=O)C5CN(C)C5)CC4)cccc23)c1NS(C)(=O)=O. The molecule has 0 aliphatic carbocycles. The Morgan fingerprint density at radius 2 is 1.70 bits per heavy atom. The van der Waals surface area contributed by atoms with Crippen molar-refractivity contribution < 1.29 is 32.6 Å². The van der Waals surface area contributed by atoms with Crippen LogP contribution in [0.4, 0.5) is 5.69 Å². The topological polar surface area (TPSA) is 168 Å². The van der Waals surface area contributed by atoms with Crippen molar-refractivity contribution in [3.05, 3.63) is 46.6 Å². The zero-order valence-corrected chi connectivity index (χ0v) is 28.8. The molecule has 47 heavy (non-hydrogen) atoms. The van der Waals surface area contributed by atoms with Crippen LogP contribution in [-0.4, -0.2) is 110 Å². The van der Waals surface area contributed by atoms with E-state index in [0.717, 1.165) is 24.9 Å². The van der Waals surface area contributed by atoms with E-state index in [-0.39, 0.29) is 34.5 Å². The Balaban J connectivity index is 1.67. The Morgan fingerprint density at radius 1 is 1.06 bits per heavy atom. The summed E-state index contributed by atoms with van der Waals surface area (Å²) in [6.07, 6.45) is 0.973. The predicted octanol–water partition coefficient (Wildman–Crippen LogP) is 2.53. The molecule has 0 saturated carbocycles. The normalized spacial score (nSPS) is 16.7. The molecular weight excluding hydrogens is 624 g/mol. The van der Waals surface area contributed by atoms with Gasteiger partial charge in [-0.25, -0.2) is 13.2 Å². The second-order valence-corrected chi connectivity index (χ2v) is 15.4. The number of piperazine rings is 1. The summed E-state index contributed by atoms with van der Waals surface area (Å²) in [5.41, 5.74) is 7.56. The van der Waals surface area contributed by atoms with Gasteiger partial charge in [0.25, 0.3) is 5.91 Å². The maximum absolute atomic E-state index is 13.1. The van der Waals surface area contributed by atoms with Gasteiger partial charge in [-0.1, -0.05) is 39.0 Å². The van der Waals surface area contributed by atoms with E-state index >= 15 is 0 Å². The van der Waals surface area contributed by atoms with Crippen LogP contribution in [0.15, 0.2) is 24.3 Å². The lowest BCUT2D eigenvalue weighted by Gasteiger charge is -2.41. The Hall–Kier alpha value is -4.14. The molecule has 4 N–H and O–H groups in total. The van der Waals surface area contributed by atoms with Gasteiger partial charge in [0.2, 0.25) is 15.9 Å². The van der Waals surface area contributed by atoms with Crippen LogP contribution in [0.25, 0.3) is 22.0 Å². The fourth-order valence-corrected chi connectivity index (χ4v) is 7.47. The Labute approximate surface area is 275 Å². The number of primary amides is 1. The number of nitrogens with two attached hydrogens (primary N) is 1. The smallest absolute Gasteiger partial charge is 0.353 e. The molecule has 2 fully saturated rings. The molecule has 2 saturated heterocycles. The number of hydrogen-bond donors (Lipinski definition) is 3. The number of methoxy groups -OCH3 is 1. The fourth-order valence-electron chi connectivity index (χ4n) is 6.90. The van der Waals surface area contributed by atoms with Crippen LogP contribution in [0.3, 0.4) is 0 Å². The van der Waals surface area contributed by atoms with E-state index in [0.29, 0.717) is 60.3 Å². The molecular formula is C33H44N6O7S. The molecule has 13 nitrogen and oxygen atoms in total. The van der Waals surface area contributed by atoms with Crippen LogP contribution in [-0.2, 0) is 33.8 Å². The van der Waals surface area contributed by atoms with E-state index in [1.165, 1.54) is 7.11 Å². The van der Waals surface area contributed by atoms with Gasteiger partial charge in [0.1, 0.15) is 5.69 Å². The molecule has 0 atom stereocenters. The van der Waals surface area contributed by atoms with Crippen LogP contribution in [0.1, 0.15) is 52.7 Å². The van der Waals surface area contributed by atoms with Crippen molar-refractivity contribution in [3.63, 3.8) is 0 Å². The molecule has 5 rings (SSSR count). The maximum atomic E-state index is 13.1. The van der Waals surface area contributed by atoms with E-state index in [1.54, 1.807) is 17.7 Å². The van der Waals surface area contributed by atoms with Crippen LogP contribution < -0.4 is 15.2 Å². The molecule has 2 amide bonds. The third kappa shape index (κ3) is 6.54. The fraction of sp³-hybridized carbons (Fsp3) is 0.485. The van der Waals surface area contributed by atoms with Crippen molar-refractivity contribution in [3.8, 4) is 16.9 Å². The number of nitrogens with zero attached hydrogens (tertiary/aromatic N) is 4. The number of hydrogen-bond acceptors (Lipinski definition) is 8. The lowest BCUT2D eigenvalue weighted by atomic mass is 9.79. The summed E-state index contributed by atoms with van der Waals surface area (Å²) in [4.78, 5) is 44.9. The zero-order chi connectivity index (χ0) is 34.6. The maximum Gasteiger partial charge on any atom is 0.353 e. The molecule has 2 aliphatic rings. The van der Waals surface area contributed by atoms with Crippen LogP contribution >= 0.6 is 0 Å². The molecule has 2 aromatic carbocycles. The number of carbonyl (C=O) groups excluding carboxylic acids is 2. The predicted molar refractivity (Wildman–Crippen MR) is 180 cm³/mol. The van der Waals surface area contributed by atoms with E-state index in [9.17, 15) is 27.9 Å². The summed E-state index contributed by atoms with van der Waals surface area (Å²) in [5, 5.41) is 11.3. The first kappa shape index (κ1) is 34.2. The summed E-state index contributed by atoms with van der Waals surface area (Å²) in [5.74, 6) is -1.87. The number of rotatable bonds is 9. The van der Waals surface area contributed by atoms with Gasteiger partial charge in [0.15, 0.2) is 5.75 Å². The first-order valence-electron chi connectivity index (χ1n) is 15.5. The number of amides is 2. The van der Waals surface area contributed by atoms with Gasteiger partial charge in [-0.3, -0.25) is 19.2 Å². The number of sulfonamides is 1. The van der Waals surface area contributed by atoms with Crippen LogP contribution in [0, 0.1) is 5.92 Å². The summed E-state index contributed by atoms with van der Waals surface area (Å²) in [6, 6.07) is 7.18. The minimum absolute atomic E-state index is 0.0351. The summed E-state index contributed by atoms with van der Waals surface area (Å²) in [6.45, 7) is 10.4. The van der Waals surface area contributed by atoms with Crippen molar-refractivity contribution in [2.75, 3.05) is 64.4 Å². The van der Waals surface area contributed by atoms with Gasteiger partial charge in [0, 0.05) is 69.4 Å². The van der Waals surface area contributed by atoms with Gasteiger partial charge in [-0.05, 0) is 29.7 Å². The number of benzene rings is 2. The Bertz CT molecular complexity index is 1860. The number of aromatic carboxylic acids is 1. The van der Waals surface area contributed by atoms with Gasteiger partial charge < -0.3 is 29.9 Å². The van der Waals surface area contributed by atoms with Crippen LogP contribution in [0.2, 0.25) is 0 Å². The number of carboxylic acids is 1. The van der Waals surface area contributed by atoms with Crippen molar-refractivity contribution in [1.29, 1.82) is 0 Å². The average molecular weight is 669 g/mol. The van der Waals surface area contributed by atoms with E-state index in [1.807, 2.05) is 50.9 Å². The van der Waals surface area contributed by atoms with Crippen molar-refractivity contribution in [2.24, 2.45) is 18.7 Å². The third-order valence-corrected chi connectivity index (χ3v) is 9.66. The number of fused-ring (bicyclic) bond motifs is 1. The number of para-hydroxylation sites is 1. The van der Waals surface area contributed by atoms with E-state index in [4.69, 9.17) is 10.5 Å². The summed E-state index contributed by atoms with van der Waals surface area (Å²) in [7, 11) is 1.04. The highest BCUT2D eigenvalue weighted by atomic mass is 32.2. The number of aromatic nitrogens is 1. The highest BCUT2D eigenvalue weighted by Crippen LogP contribution is 2.49. The van der Waals surface area contributed by atoms with Crippen molar-refractivity contribution in [1.82, 2.24) is 19.3 Å². The molecule has 0 unspecified atom stereocenters. The first-order chi connectivity index (χ1) is 21.9. The highest BCUT2D eigenvalue weighted by Gasteiger charge is 2.36. The number of carbonyl (C=O) groups is 3. The van der Waals surface area contributed by atoms with Gasteiger partial charge >= 0.3 is 5.97 Å². The summed E-state index contributed by atoms with van der Waals surface area (Å²) < 4.78 is 35.3. The van der Waals surface area contributed by atoms with Crippen LogP contribution in [0.5, 0.6) is 5.75 Å². The third-order valence-electron chi connectivity index (χ3n) is 9.09. The molecule has 254 valence electrons. The molecule has 14 heteroatoms. The number of aryl methyl sites for hydroxylation is 1. The molecule has 0 spiro atoms. The lowest BCUT2D eigenvalue weighted by molar-refractivity contribution is -0.142. The molecule has 1 aromatic heterocycles. The Morgan fingerprint density at radius 3 is 2.21 bits per heavy atom. The minimum atomic E-state index is -3.94. The lowest BCUT2D eigenvalue weighted by Crippen LogP contribution is -2.56. The Kier molecular flexibility index (Phi) is 9.07. The number of carboxylic acid groups (broad SMARTS) is 1. The zero-order valence-electron chi connectivity index (χ0n) is 28.0. The minimum Gasteiger partial charge on any atom is -0.494 e. The summed E-state index contributed by atoms with van der Waals surface area (Å²) >= 11 is 0. The first-order valence-corrected chi connectivity index (χ1v) is 17.4. The number of likely N-dealkylation sites (tertiary alicyclic amines) is 1. The average Bonchev–Trinajstić information content (AvgIpc) is 3.26. The van der Waals surface area contributed by atoms with Gasteiger partial charge in [0.05, 0.1) is 36.1 Å². The van der Waals surface area contributed by atoms with E-state index in [2.05, 4.69) is 14.5 Å². The molecule has 0 radical (unpaired) electrons. The standard InChI is InChI=1S/C33H44N6O7S/c1-33(2,3)23-15-22(30(34)40)29(46-6)26(35-47(7,44)45)25(23)24-21-10-8-9-19(27(21)37(5)28(24)32(42)43)18-38-11-13-39(14-12-38)31(41)20-16-36(4)17-20/h8-10,15,20,35H,11-14,16-18H2,1-7H3,(H2,34,40)(H,42,43). The monoisotopic (exact) mass is 668 g/mol. The van der Waals surface area contributed by atoms with Crippen molar-refractivity contribution in [2.45, 2.75) is 32.7 Å². The van der Waals surface area contributed by atoms with E-state index < -0.39 is 27.3 Å². The second-order valence-electron chi connectivity index (χ2n) is 13.7. The van der Waals surface area contributed by atoms with Gasteiger partial charge in [-0.15, -0.1) is 0 Å². The van der Waals surface area contributed by atoms with Gasteiger partial charge in [-0.2, -0.15) is 0 Å². The largest absolute Gasteiger partial charge is 0.494 e.